The average Bonchev–Trinajstić information content (AvgIpc) is 2.92. The predicted octanol–water partition coefficient (Wildman–Crippen LogP) is 0.0986. The largest absolute Gasteiger partial charge is 0.397 e. The van der Waals surface area contributed by atoms with E-state index in [1.807, 2.05) is 6.92 Å². The molecule has 6 nitrogen and oxygen atoms in total. The minimum atomic E-state index is -0.158. The Morgan fingerprint density at radius 2 is 2.44 bits per heavy atom. The van der Waals surface area contributed by atoms with Crippen LogP contribution in [0.4, 0.5) is 5.69 Å². The first-order valence-corrected chi connectivity index (χ1v) is 6.13. The number of nitrogens with zero attached hydrogens (tertiary/aromatic N) is 1. The summed E-state index contributed by atoms with van der Waals surface area (Å²) >= 11 is 0. The molecule has 0 saturated carbocycles. The third kappa shape index (κ3) is 2.64. The van der Waals surface area contributed by atoms with Gasteiger partial charge >= 0.3 is 0 Å². The fourth-order valence-electron chi connectivity index (χ4n) is 2.12. The maximum Gasteiger partial charge on any atom is 0.268 e. The van der Waals surface area contributed by atoms with Crippen molar-refractivity contribution in [2.24, 2.45) is 0 Å². The van der Waals surface area contributed by atoms with Crippen LogP contribution in [-0.2, 0) is 11.3 Å². The van der Waals surface area contributed by atoms with Gasteiger partial charge in [0.15, 0.2) is 0 Å². The molecule has 4 N–H and O–H groups in total. The first-order chi connectivity index (χ1) is 8.60. The highest BCUT2D eigenvalue weighted by Crippen LogP contribution is 2.11. The van der Waals surface area contributed by atoms with Crippen LogP contribution in [-0.4, -0.2) is 29.0 Å². The molecule has 1 atom stereocenters. The van der Waals surface area contributed by atoms with Crippen molar-refractivity contribution in [3.8, 4) is 0 Å². The lowest BCUT2D eigenvalue weighted by Crippen LogP contribution is -2.38. The van der Waals surface area contributed by atoms with Gasteiger partial charge in [-0.2, -0.15) is 0 Å². The number of hydrogen-bond donors (Lipinski definition) is 3. The molecule has 1 aromatic heterocycles. The number of nitrogens with two attached hydrogens (primary N) is 1. The molecule has 18 heavy (non-hydrogen) atoms. The van der Waals surface area contributed by atoms with Gasteiger partial charge in [0.1, 0.15) is 5.69 Å². The molecule has 2 rings (SSSR count). The number of hydrogen-bond acceptors (Lipinski definition) is 3. The second kappa shape index (κ2) is 5.12. The lowest BCUT2D eigenvalue weighted by atomic mass is 10.2. The van der Waals surface area contributed by atoms with E-state index in [0.717, 1.165) is 6.42 Å². The van der Waals surface area contributed by atoms with Crippen molar-refractivity contribution in [1.29, 1.82) is 0 Å². The van der Waals surface area contributed by atoms with Gasteiger partial charge in [-0.3, -0.25) is 9.59 Å². The predicted molar refractivity (Wildman–Crippen MR) is 68.0 cm³/mol. The molecule has 0 aromatic carbocycles. The molecule has 1 aromatic rings. The van der Waals surface area contributed by atoms with Crippen LogP contribution in [0, 0.1) is 0 Å². The lowest BCUT2D eigenvalue weighted by molar-refractivity contribution is -0.119. The van der Waals surface area contributed by atoms with Crippen molar-refractivity contribution in [1.82, 2.24) is 15.2 Å². The smallest absolute Gasteiger partial charge is 0.268 e. The topological polar surface area (TPSA) is 89.2 Å². The molecule has 6 heteroatoms. The zero-order valence-corrected chi connectivity index (χ0v) is 10.4. The third-order valence-electron chi connectivity index (χ3n) is 3.09. The molecule has 0 radical (unpaired) electrons. The number of aryl methyl sites for hydroxylation is 1. The zero-order valence-electron chi connectivity index (χ0n) is 10.4. The molecule has 1 aliphatic heterocycles. The molecule has 1 saturated heterocycles. The highest BCUT2D eigenvalue weighted by atomic mass is 16.2. The Morgan fingerprint density at radius 1 is 1.67 bits per heavy atom. The second-order valence-electron chi connectivity index (χ2n) is 4.46. The Kier molecular flexibility index (Phi) is 3.55. The SMILES string of the molecule is CCn1cc(N)cc1C(=O)NCC1CCC(=O)N1. The number of amides is 2. The van der Waals surface area contributed by atoms with Gasteiger partial charge in [-0.1, -0.05) is 0 Å². The van der Waals surface area contributed by atoms with E-state index in [1.54, 1.807) is 16.8 Å². The van der Waals surface area contributed by atoms with E-state index < -0.39 is 0 Å². The van der Waals surface area contributed by atoms with Crippen molar-refractivity contribution in [3.63, 3.8) is 0 Å². The lowest BCUT2D eigenvalue weighted by Gasteiger charge is -2.12. The number of carbonyl (C=O) groups is 2. The van der Waals surface area contributed by atoms with E-state index in [4.69, 9.17) is 5.73 Å². The Labute approximate surface area is 106 Å². The molecule has 98 valence electrons. The second-order valence-corrected chi connectivity index (χ2v) is 4.46. The summed E-state index contributed by atoms with van der Waals surface area (Å²) in [6.45, 7) is 3.10. The molecule has 1 fully saturated rings. The normalized spacial score (nSPS) is 18.7. The molecule has 2 amide bonds. The average molecular weight is 250 g/mol. The van der Waals surface area contributed by atoms with Gasteiger partial charge < -0.3 is 20.9 Å². The first kappa shape index (κ1) is 12.5. The maximum atomic E-state index is 12.0. The fourth-order valence-corrected chi connectivity index (χ4v) is 2.12. The summed E-state index contributed by atoms with van der Waals surface area (Å²) in [6.07, 6.45) is 3.06. The highest BCUT2D eigenvalue weighted by molar-refractivity contribution is 5.93. The van der Waals surface area contributed by atoms with Gasteiger partial charge in [-0.05, 0) is 19.4 Å². The standard InChI is InChI=1S/C12H18N4O2/c1-2-16-7-8(13)5-10(16)12(18)14-6-9-3-4-11(17)15-9/h5,7,9H,2-4,6,13H2,1H3,(H,14,18)(H,15,17). The monoisotopic (exact) mass is 250 g/mol. The van der Waals surface area contributed by atoms with E-state index in [2.05, 4.69) is 10.6 Å². The number of nitrogens with one attached hydrogen (secondary N) is 2. The molecule has 0 bridgehead atoms. The van der Waals surface area contributed by atoms with Gasteiger partial charge in [0.25, 0.3) is 5.91 Å². The van der Waals surface area contributed by atoms with Crippen LogP contribution in [0.3, 0.4) is 0 Å². The zero-order chi connectivity index (χ0) is 13.1. The van der Waals surface area contributed by atoms with Gasteiger partial charge in [-0.25, -0.2) is 0 Å². The van der Waals surface area contributed by atoms with Gasteiger partial charge in [0, 0.05) is 31.7 Å². The number of aromatic nitrogens is 1. The van der Waals surface area contributed by atoms with Crippen LogP contribution in [0.25, 0.3) is 0 Å². The summed E-state index contributed by atoms with van der Waals surface area (Å²) in [5, 5.41) is 5.63. The third-order valence-corrected chi connectivity index (χ3v) is 3.09. The van der Waals surface area contributed by atoms with Crippen molar-refractivity contribution < 1.29 is 9.59 Å². The summed E-state index contributed by atoms with van der Waals surface area (Å²) in [5.74, 6) is -0.106. The Balaban J connectivity index is 1.93. The molecular weight excluding hydrogens is 232 g/mol. The van der Waals surface area contributed by atoms with Crippen LogP contribution >= 0.6 is 0 Å². The fraction of sp³-hybridized carbons (Fsp3) is 0.500. The number of anilines is 1. The molecular formula is C12H18N4O2. The van der Waals surface area contributed by atoms with Crippen molar-refractivity contribution in [3.05, 3.63) is 18.0 Å². The molecule has 2 heterocycles. The summed E-state index contributed by atoms with van der Waals surface area (Å²) in [4.78, 5) is 23.0. The molecule has 0 aliphatic carbocycles. The molecule has 1 aliphatic rings. The Hall–Kier alpha value is -1.98. The van der Waals surface area contributed by atoms with E-state index in [0.29, 0.717) is 30.9 Å². The minimum Gasteiger partial charge on any atom is -0.397 e. The summed E-state index contributed by atoms with van der Waals surface area (Å²) in [7, 11) is 0. The number of rotatable bonds is 4. The summed E-state index contributed by atoms with van der Waals surface area (Å²) in [5.41, 5.74) is 6.81. The van der Waals surface area contributed by atoms with Crippen molar-refractivity contribution in [2.75, 3.05) is 12.3 Å². The number of nitrogen functional groups attached to an aromatic ring is 1. The van der Waals surface area contributed by atoms with Crippen LogP contribution in [0.5, 0.6) is 0 Å². The van der Waals surface area contributed by atoms with Gasteiger partial charge in [-0.15, -0.1) is 0 Å². The van der Waals surface area contributed by atoms with Crippen molar-refractivity contribution >= 4 is 17.5 Å². The molecule has 0 spiro atoms. The first-order valence-electron chi connectivity index (χ1n) is 6.13. The van der Waals surface area contributed by atoms with E-state index in [-0.39, 0.29) is 17.9 Å². The Morgan fingerprint density at radius 3 is 3.06 bits per heavy atom. The van der Waals surface area contributed by atoms with Crippen LogP contribution < -0.4 is 16.4 Å². The van der Waals surface area contributed by atoms with Gasteiger partial charge in [0.2, 0.25) is 5.91 Å². The summed E-state index contributed by atoms with van der Waals surface area (Å²) in [6, 6.07) is 1.70. The summed E-state index contributed by atoms with van der Waals surface area (Å²) < 4.78 is 1.80. The quantitative estimate of drug-likeness (QED) is 0.708. The maximum absolute atomic E-state index is 12.0. The van der Waals surface area contributed by atoms with Crippen LogP contribution in [0.1, 0.15) is 30.3 Å². The van der Waals surface area contributed by atoms with Gasteiger partial charge in [0.05, 0.1) is 5.69 Å². The van der Waals surface area contributed by atoms with E-state index >= 15 is 0 Å². The van der Waals surface area contributed by atoms with Crippen LogP contribution in [0.15, 0.2) is 12.3 Å². The number of carbonyl (C=O) groups excluding carboxylic acids is 2. The van der Waals surface area contributed by atoms with E-state index in [9.17, 15) is 9.59 Å². The minimum absolute atomic E-state index is 0.0452. The molecule has 1 unspecified atom stereocenters. The van der Waals surface area contributed by atoms with E-state index in [1.165, 1.54) is 0 Å². The van der Waals surface area contributed by atoms with Crippen LogP contribution in [0.2, 0.25) is 0 Å². The Bertz CT molecular complexity index is 467. The van der Waals surface area contributed by atoms with Crippen molar-refractivity contribution in [2.45, 2.75) is 32.4 Å². The highest BCUT2D eigenvalue weighted by Gasteiger charge is 2.21.